The van der Waals surface area contributed by atoms with Gasteiger partial charge in [-0.05, 0) is 31.0 Å². The quantitative estimate of drug-likeness (QED) is 0.617. The van der Waals surface area contributed by atoms with Crippen LogP contribution in [0, 0.1) is 5.92 Å². The van der Waals surface area contributed by atoms with E-state index in [2.05, 4.69) is 15.2 Å². The van der Waals surface area contributed by atoms with Crippen LogP contribution in [0.2, 0.25) is 5.02 Å². The molecule has 7 nitrogen and oxygen atoms in total. The van der Waals surface area contributed by atoms with Crippen LogP contribution in [0.3, 0.4) is 0 Å². The third kappa shape index (κ3) is 3.75. The van der Waals surface area contributed by atoms with Gasteiger partial charge in [0, 0.05) is 29.9 Å². The van der Waals surface area contributed by atoms with Gasteiger partial charge in [-0.25, -0.2) is 4.98 Å². The van der Waals surface area contributed by atoms with Gasteiger partial charge >= 0.3 is 6.43 Å². The fraction of sp³-hybridized carbons (Fsp3) is 0.333. The molecule has 1 aliphatic carbocycles. The lowest BCUT2D eigenvalue weighted by Crippen LogP contribution is -2.32. The summed E-state index contributed by atoms with van der Waals surface area (Å²) in [4.78, 5) is 18.8. The molecule has 4 rings (SSSR count). The second kappa shape index (κ2) is 7.31. The molecule has 1 aliphatic rings. The van der Waals surface area contributed by atoms with Crippen LogP contribution in [0.5, 0.6) is 0 Å². The molecular formula is C18H16ClF2N5O2. The highest BCUT2D eigenvalue weighted by Gasteiger charge is 2.34. The Morgan fingerprint density at radius 1 is 1.39 bits per heavy atom. The number of hydrogen-bond acceptors (Lipinski definition) is 5. The van der Waals surface area contributed by atoms with Crippen LogP contribution in [-0.2, 0) is 18.4 Å². The summed E-state index contributed by atoms with van der Waals surface area (Å²) in [5.41, 5.74) is 0.938. The number of alkyl halides is 2. The van der Waals surface area contributed by atoms with Crippen LogP contribution < -0.4 is 4.90 Å². The fourth-order valence-corrected chi connectivity index (χ4v) is 3.00. The SMILES string of the molecule is Cn1cc(-c2nnc(C(F)F)o2)nc1CN(C(=O)C1CC1)c1cccc(Cl)c1. The van der Waals surface area contributed by atoms with E-state index in [1.807, 2.05) is 6.07 Å². The number of hydrogen-bond donors (Lipinski definition) is 0. The summed E-state index contributed by atoms with van der Waals surface area (Å²) in [6.45, 7) is 0.196. The normalized spacial score (nSPS) is 13.9. The molecule has 0 aliphatic heterocycles. The van der Waals surface area contributed by atoms with Crippen LogP contribution >= 0.6 is 11.6 Å². The molecule has 2 heterocycles. The zero-order valence-electron chi connectivity index (χ0n) is 14.8. The number of benzene rings is 1. The molecule has 0 atom stereocenters. The molecule has 28 heavy (non-hydrogen) atoms. The molecule has 3 aromatic rings. The number of imidazole rings is 1. The first-order valence-electron chi connectivity index (χ1n) is 8.63. The minimum absolute atomic E-state index is 0.00302. The number of nitrogens with zero attached hydrogens (tertiary/aromatic N) is 5. The largest absolute Gasteiger partial charge is 0.414 e. The molecule has 0 N–H and O–H groups in total. The summed E-state index contributed by atoms with van der Waals surface area (Å²) in [6, 6.07) is 7.04. The summed E-state index contributed by atoms with van der Waals surface area (Å²) >= 11 is 6.09. The number of halogens is 3. The molecule has 0 spiro atoms. The molecule has 1 amide bonds. The van der Waals surface area contributed by atoms with Gasteiger partial charge in [-0.1, -0.05) is 17.7 Å². The van der Waals surface area contributed by atoms with Crippen LogP contribution in [0.1, 0.15) is 31.0 Å². The van der Waals surface area contributed by atoms with Crippen LogP contribution in [0.25, 0.3) is 11.6 Å². The second-order valence-corrected chi connectivity index (χ2v) is 7.01. The lowest BCUT2D eigenvalue weighted by Gasteiger charge is -2.22. The topological polar surface area (TPSA) is 77.1 Å². The van der Waals surface area contributed by atoms with Crippen LogP contribution in [0.15, 0.2) is 34.9 Å². The maximum absolute atomic E-state index is 12.8. The third-order valence-corrected chi connectivity index (χ3v) is 4.67. The maximum atomic E-state index is 12.8. The smallest absolute Gasteiger partial charge is 0.314 e. The molecule has 10 heteroatoms. The Morgan fingerprint density at radius 2 is 2.18 bits per heavy atom. The van der Waals surface area contributed by atoms with E-state index in [9.17, 15) is 13.6 Å². The monoisotopic (exact) mass is 407 g/mol. The Kier molecular flexibility index (Phi) is 4.84. The average Bonchev–Trinajstić information content (AvgIpc) is 3.27. The van der Waals surface area contributed by atoms with E-state index in [0.717, 1.165) is 12.8 Å². The Hall–Kier alpha value is -2.81. The maximum Gasteiger partial charge on any atom is 0.314 e. The van der Waals surface area contributed by atoms with Crippen molar-refractivity contribution in [1.82, 2.24) is 19.7 Å². The van der Waals surface area contributed by atoms with Crippen molar-refractivity contribution in [2.75, 3.05) is 4.90 Å². The Labute approximate surface area is 163 Å². The lowest BCUT2D eigenvalue weighted by molar-refractivity contribution is -0.119. The number of rotatable bonds is 6. The summed E-state index contributed by atoms with van der Waals surface area (Å²) in [7, 11) is 1.74. The van der Waals surface area contributed by atoms with Crippen molar-refractivity contribution >= 4 is 23.2 Å². The molecule has 1 fully saturated rings. The number of aromatic nitrogens is 4. The molecule has 0 saturated heterocycles. The highest BCUT2D eigenvalue weighted by atomic mass is 35.5. The Bertz CT molecular complexity index is 1020. The predicted octanol–water partition coefficient (Wildman–Crippen LogP) is 4.00. The van der Waals surface area contributed by atoms with Crippen molar-refractivity contribution in [3.63, 3.8) is 0 Å². The van der Waals surface area contributed by atoms with Gasteiger partial charge in [-0.2, -0.15) is 8.78 Å². The van der Waals surface area contributed by atoms with Gasteiger partial charge in [0.2, 0.25) is 5.91 Å². The van der Waals surface area contributed by atoms with E-state index in [1.165, 1.54) is 0 Å². The minimum atomic E-state index is -2.85. The van der Waals surface area contributed by atoms with Crippen molar-refractivity contribution in [1.29, 1.82) is 0 Å². The molecule has 0 radical (unpaired) electrons. The summed E-state index contributed by atoms with van der Waals surface area (Å²) in [5.74, 6) is -0.305. The van der Waals surface area contributed by atoms with Gasteiger partial charge in [0.05, 0.1) is 6.54 Å². The van der Waals surface area contributed by atoms with E-state index in [-0.39, 0.29) is 30.0 Å². The van der Waals surface area contributed by atoms with Crippen molar-refractivity contribution in [2.45, 2.75) is 25.8 Å². The number of aryl methyl sites for hydroxylation is 1. The zero-order valence-corrected chi connectivity index (χ0v) is 15.6. The van der Waals surface area contributed by atoms with Crippen molar-refractivity contribution in [3.05, 3.63) is 47.2 Å². The number of amides is 1. The van der Waals surface area contributed by atoms with Gasteiger partial charge in [-0.3, -0.25) is 4.79 Å². The molecule has 0 bridgehead atoms. The molecule has 0 unspecified atom stereocenters. The highest BCUT2D eigenvalue weighted by Crippen LogP contribution is 2.34. The molecule has 1 saturated carbocycles. The van der Waals surface area contributed by atoms with E-state index in [0.29, 0.717) is 16.5 Å². The average molecular weight is 408 g/mol. The first kappa shape index (κ1) is 18.5. The lowest BCUT2D eigenvalue weighted by atomic mass is 10.2. The Morgan fingerprint density at radius 3 is 2.82 bits per heavy atom. The number of carbonyl (C=O) groups is 1. The molecule has 1 aromatic carbocycles. The molecule has 146 valence electrons. The standard InChI is InChI=1S/C18H16ClF2N5O2/c1-25-8-13(16-23-24-17(28-16)15(20)21)22-14(25)9-26(18(27)10-5-6-10)12-4-2-3-11(19)7-12/h2-4,7-8,10,15H,5-6,9H2,1H3. The number of anilines is 1. The first-order chi connectivity index (χ1) is 13.4. The van der Waals surface area contributed by atoms with Crippen LogP contribution in [-0.4, -0.2) is 25.7 Å². The zero-order chi connectivity index (χ0) is 19.8. The Balaban J connectivity index is 1.63. The van der Waals surface area contributed by atoms with Gasteiger partial charge in [-0.15, -0.1) is 10.2 Å². The van der Waals surface area contributed by atoms with Gasteiger partial charge < -0.3 is 13.9 Å². The van der Waals surface area contributed by atoms with Gasteiger partial charge in [0.1, 0.15) is 11.5 Å². The third-order valence-electron chi connectivity index (χ3n) is 4.43. The van der Waals surface area contributed by atoms with Crippen molar-refractivity contribution < 1.29 is 18.0 Å². The van der Waals surface area contributed by atoms with Crippen molar-refractivity contribution in [2.24, 2.45) is 13.0 Å². The van der Waals surface area contributed by atoms with Crippen molar-refractivity contribution in [3.8, 4) is 11.6 Å². The highest BCUT2D eigenvalue weighted by molar-refractivity contribution is 6.30. The van der Waals surface area contributed by atoms with Gasteiger partial charge in [0.15, 0.2) is 0 Å². The molecular weight excluding hydrogens is 392 g/mol. The van der Waals surface area contributed by atoms with E-state index >= 15 is 0 Å². The summed E-state index contributed by atoms with van der Waals surface area (Å²) in [6.07, 6.45) is 0.467. The number of carbonyl (C=O) groups excluding carboxylic acids is 1. The second-order valence-electron chi connectivity index (χ2n) is 6.58. The first-order valence-corrected chi connectivity index (χ1v) is 9.01. The van der Waals surface area contributed by atoms with E-state index < -0.39 is 12.3 Å². The predicted molar refractivity (Wildman–Crippen MR) is 96.8 cm³/mol. The van der Waals surface area contributed by atoms with Gasteiger partial charge in [0.25, 0.3) is 11.8 Å². The van der Waals surface area contributed by atoms with E-state index in [1.54, 1.807) is 40.9 Å². The van der Waals surface area contributed by atoms with Crippen LogP contribution in [0.4, 0.5) is 14.5 Å². The van der Waals surface area contributed by atoms with E-state index in [4.69, 9.17) is 16.0 Å². The molecule has 2 aromatic heterocycles. The summed E-state index contributed by atoms with van der Waals surface area (Å²) < 4.78 is 32.0. The summed E-state index contributed by atoms with van der Waals surface area (Å²) in [5, 5.41) is 7.45. The minimum Gasteiger partial charge on any atom is -0.414 e. The fourth-order valence-electron chi connectivity index (χ4n) is 2.81.